The lowest BCUT2D eigenvalue weighted by Gasteiger charge is -2.01. The van der Waals surface area contributed by atoms with Gasteiger partial charge in [-0.15, -0.1) is 0 Å². The van der Waals surface area contributed by atoms with Gasteiger partial charge in [-0.2, -0.15) is 5.10 Å². The molecular weight excluding hydrogens is 204 g/mol. The minimum atomic E-state index is -0.220. The smallest absolute Gasteiger partial charge is 0.274 e. The Morgan fingerprint density at radius 2 is 2.31 bits per heavy atom. The highest BCUT2D eigenvalue weighted by Gasteiger charge is 2.10. The van der Waals surface area contributed by atoms with E-state index >= 15 is 0 Å². The highest BCUT2D eigenvalue weighted by atomic mass is 16.3. The number of amides is 1. The molecule has 0 spiro atoms. The van der Waals surface area contributed by atoms with Gasteiger partial charge in [-0.1, -0.05) is 13.3 Å². The Balaban J connectivity index is 2.50. The summed E-state index contributed by atoms with van der Waals surface area (Å²) in [6.45, 7) is 5.79. The lowest BCUT2D eigenvalue weighted by atomic mass is 10.2. The van der Waals surface area contributed by atoms with Gasteiger partial charge < -0.3 is 4.42 Å². The van der Waals surface area contributed by atoms with Gasteiger partial charge in [0.1, 0.15) is 5.76 Å². The molecule has 88 valence electrons. The number of hydrogen-bond donors (Lipinski definition) is 1. The number of rotatable bonds is 5. The van der Waals surface area contributed by atoms with E-state index in [1.165, 1.54) is 6.26 Å². The van der Waals surface area contributed by atoms with E-state index in [1.807, 2.05) is 6.92 Å². The summed E-state index contributed by atoms with van der Waals surface area (Å²) in [4.78, 5) is 11.6. The number of nitrogens with one attached hydrogen (secondary N) is 1. The van der Waals surface area contributed by atoms with Crippen LogP contribution in [0.4, 0.5) is 0 Å². The van der Waals surface area contributed by atoms with Crippen molar-refractivity contribution in [3.63, 3.8) is 0 Å². The quantitative estimate of drug-likeness (QED) is 0.615. The Hall–Kier alpha value is -1.58. The second kappa shape index (κ2) is 6.10. The van der Waals surface area contributed by atoms with Gasteiger partial charge in [0.2, 0.25) is 0 Å². The highest BCUT2D eigenvalue weighted by molar-refractivity contribution is 5.95. The van der Waals surface area contributed by atoms with Crippen LogP contribution in [0.3, 0.4) is 0 Å². The van der Waals surface area contributed by atoms with Gasteiger partial charge in [-0.3, -0.25) is 4.79 Å². The molecule has 0 saturated heterocycles. The average Bonchev–Trinajstić information content (AvgIpc) is 2.69. The van der Waals surface area contributed by atoms with Crippen molar-refractivity contribution < 1.29 is 9.21 Å². The Morgan fingerprint density at radius 1 is 1.56 bits per heavy atom. The molecule has 0 bridgehead atoms. The van der Waals surface area contributed by atoms with Crippen LogP contribution in [0.2, 0.25) is 0 Å². The van der Waals surface area contributed by atoms with Crippen molar-refractivity contribution in [3.05, 3.63) is 23.7 Å². The summed E-state index contributed by atoms with van der Waals surface area (Å²) in [5, 5.41) is 4.03. The third kappa shape index (κ3) is 3.53. The Kier molecular flexibility index (Phi) is 4.76. The fourth-order valence-electron chi connectivity index (χ4n) is 1.32. The van der Waals surface area contributed by atoms with Gasteiger partial charge in [0.05, 0.1) is 11.8 Å². The zero-order valence-electron chi connectivity index (χ0n) is 10.0. The van der Waals surface area contributed by atoms with Crippen LogP contribution in [0.5, 0.6) is 0 Å². The van der Waals surface area contributed by atoms with Gasteiger partial charge in [0.15, 0.2) is 0 Å². The SMILES string of the molecule is CCCC/C(C)=N/NC(=O)c1ccoc1C. The molecule has 0 aliphatic rings. The maximum Gasteiger partial charge on any atom is 0.274 e. The van der Waals surface area contributed by atoms with Gasteiger partial charge in [0.25, 0.3) is 5.91 Å². The lowest BCUT2D eigenvalue weighted by molar-refractivity contribution is 0.0953. The summed E-state index contributed by atoms with van der Waals surface area (Å²) >= 11 is 0. The number of carbonyl (C=O) groups is 1. The molecule has 1 aromatic rings. The second-order valence-electron chi connectivity index (χ2n) is 3.78. The standard InChI is InChI=1S/C12H18N2O2/c1-4-5-6-9(2)13-14-12(15)11-7-8-16-10(11)3/h7-8H,4-6H2,1-3H3,(H,14,15)/b13-9+. The summed E-state index contributed by atoms with van der Waals surface area (Å²) < 4.78 is 5.05. The topological polar surface area (TPSA) is 54.6 Å². The monoisotopic (exact) mass is 222 g/mol. The van der Waals surface area contributed by atoms with Crippen LogP contribution in [-0.2, 0) is 0 Å². The van der Waals surface area contributed by atoms with Crippen LogP contribution >= 0.6 is 0 Å². The molecule has 0 saturated carbocycles. The number of hydrogen-bond acceptors (Lipinski definition) is 3. The molecule has 0 fully saturated rings. The van der Waals surface area contributed by atoms with Gasteiger partial charge in [0, 0.05) is 5.71 Å². The molecule has 1 rings (SSSR count). The van der Waals surface area contributed by atoms with Crippen LogP contribution < -0.4 is 5.43 Å². The summed E-state index contributed by atoms with van der Waals surface area (Å²) in [5.41, 5.74) is 4.00. The first-order chi connectivity index (χ1) is 7.65. The molecule has 0 aliphatic carbocycles. The maximum absolute atomic E-state index is 11.6. The predicted octanol–water partition coefficient (Wildman–Crippen LogP) is 2.88. The molecule has 0 aliphatic heterocycles. The zero-order valence-corrected chi connectivity index (χ0v) is 10.0. The summed E-state index contributed by atoms with van der Waals surface area (Å²) in [6, 6.07) is 1.64. The van der Waals surface area contributed by atoms with E-state index in [9.17, 15) is 4.79 Å². The molecule has 4 heteroatoms. The third-order valence-corrected chi connectivity index (χ3v) is 2.34. The normalized spacial score (nSPS) is 11.6. The van der Waals surface area contributed by atoms with Crippen molar-refractivity contribution in [3.8, 4) is 0 Å². The minimum absolute atomic E-state index is 0.220. The van der Waals surface area contributed by atoms with Crippen molar-refractivity contribution in [2.45, 2.75) is 40.0 Å². The van der Waals surface area contributed by atoms with Crippen LogP contribution in [0, 0.1) is 6.92 Å². The molecule has 1 heterocycles. The van der Waals surface area contributed by atoms with Crippen LogP contribution in [0.25, 0.3) is 0 Å². The van der Waals surface area contributed by atoms with Crippen molar-refractivity contribution in [1.29, 1.82) is 0 Å². The Bertz CT molecular complexity index is 380. The van der Waals surface area contributed by atoms with E-state index in [0.717, 1.165) is 25.0 Å². The summed E-state index contributed by atoms with van der Waals surface area (Å²) in [6.07, 6.45) is 4.64. The van der Waals surface area contributed by atoms with Gasteiger partial charge in [-0.05, 0) is 32.8 Å². The molecule has 1 aromatic heterocycles. The lowest BCUT2D eigenvalue weighted by Crippen LogP contribution is -2.19. The number of carbonyl (C=O) groups excluding carboxylic acids is 1. The largest absolute Gasteiger partial charge is 0.469 e. The van der Waals surface area contributed by atoms with E-state index in [1.54, 1.807) is 13.0 Å². The second-order valence-corrected chi connectivity index (χ2v) is 3.78. The minimum Gasteiger partial charge on any atom is -0.469 e. The molecule has 0 aromatic carbocycles. The number of unbranched alkanes of at least 4 members (excludes halogenated alkanes) is 1. The van der Waals surface area contributed by atoms with Crippen molar-refractivity contribution in [1.82, 2.24) is 5.43 Å². The molecule has 0 radical (unpaired) electrons. The van der Waals surface area contributed by atoms with Crippen LogP contribution in [0.1, 0.15) is 49.2 Å². The molecule has 1 N–H and O–H groups in total. The van der Waals surface area contributed by atoms with E-state index in [0.29, 0.717) is 11.3 Å². The van der Waals surface area contributed by atoms with Crippen molar-refractivity contribution in [2.75, 3.05) is 0 Å². The molecule has 0 unspecified atom stereocenters. The van der Waals surface area contributed by atoms with E-state index in [-0.39, 0.29) is 5.91 Å². The maximum atomic E-state index is 11.6. The number of furan rings is 1. The first kappa shape index (κ1) is 12.5. The molecule has 1 amide bonds. The van der Waals surface area contributed by atoms with E-state index in [2.05, 4.69) is 17.5 Å². The van der Waals surface area contributed by atoms with Crippen molar-refractivity contribution >= 4 is 11.6 Å². The summed E-state index contributed by atoms with van der Waals surface area (Å²) in [7, 11) is 0. The Labute approximate surface area is 95.7 Å². The van der Waals surface area contributed by atoms with Crippen LogP contribution in [-0.4, -0.2) is 11.6 Å². The molecular formula is C12H18N2O2. The zero-order chi connectivity index (χ0) is 12.0. The molecule has 0 atom stereocenters. The fraction of sp³-hybridized carbons (Fsp3) is 0.500. The first-order valence-corrected chi connectivity index (χ1v) is 5.52. The average molecular weight is 222 g/mol. The van der Waals surface area contributed by atoms with E-state index in [4.69, 9.17) is 4.42 Å². The first-order valence-electron chi connectivity index (χ1n) is 5.52. The third-order valence-electron chi connectivity index (χ3n) is 2.34. The van der Waals surface area contributed by atoms with Crippen molar-refractivity contribution in [2.24, 2.45) is 5.10 Å². The number of aryl methyl sites for hydroxylation is 1. The Morgan fingerprint density at radius 3 is 2.88 bits per heavy atom. The van der Waals surface area contributed by atoms with Gasteiger partial charge >= 0.3 is 0 Å². The fourth-order valence-corrected chi connectivity index (χ4v) is 1.32. The number of nitrogens with zero attached hydrogens (tertiary/aromatic N) is 1. The van der Waals surface area contributed by atoms with Gasteiger partial charge in [-0.25, -0.2) is 5.43 Å². The van der Waals surface area contributed by atoms with Crippen LogP contribution in [0.15, 0.2) is 21.8 Å². The number of hydrazone groups is 1. The summed E-state index contributed by atoms with van der Waals surface area (Å²) in [5.74, 6) is 0.390. The molecule has 4 nitrogen and oxygen atoms in total. The van der Waals surface area contributed by atoms with E-state index < -0.39 is 0 Å². The highest BCUT2D eigenvalue weighted by Crippen LogP contribution is 2.08. The predicted molar refractivity (Wildman–Crippen MR) is 63.5 cm³/mol. The molecule has 16 heavy (non-hydrogen) atoms.